The van der Waals surface area contributed by atoms with Gasteiger partial charge in [0.15, 0.2) is 5.82 Å². The number of aromatic nitrogens is 3. The quantitative estimate of drug-likeness (QED) is 0.724. The number of likely N-dealkylation sites (N-methyl/N-ethyl adjacent to an activating group) is 1. The smallest absolute Gasteiger partial charge is 0.154 e. The summed E-state index contributed by atoms with van der Waals surface area (Å²) in [5, 5.41) is 10.5. The summed E-state index contributed by atoms with van der Waals surface area (Å²) >= 11 is 0. The SMILES string of the molecule is CCCc1nc(C(C)CNCC)n[nH]1. The standard InChI is InChI=1S/C10H20N4/c1-4-6-9-12-10(14-13-9)8(3)7-11-5-2/h8,11H,4-7H2,1-3H3,(H,12,13,14). The molecule has 0 aliphatic carbocycles. The number of nitrogens with one attached hydrogen (secondary N) is 2. The minimum atomic E-state index is 0.386. The van der Waals surface area contributed by atoms with Crippen LogP contribution in [0.4, 0.5) is 0 Å². The summed E-state index contributed by atoms with van der Waals surface area (Å²) < 4.78 is 0. The summed E-state index contributed by atoms with van der Waals surface area (Å²) in [6.07, 6.45) is 2.09. The van der Waals surface area contributed by atoms with Crippen molar-refractivity contribution >= 4 is 0 Å². The zero-order valence-corrected chi connectivity index (χ0v) is 9.30. The average molecular weight is 196 g/mol. The van der Waals surface area contributed by atoms with E-state index in [0.29, 0.717) is 5.92 Å². The second-order valence-electron chi connectivity index (χ2n) is 3.60. The van der Waals surface area contributed by atoms with Gasteiger partial charge in [-0.3, -0.25) is 5.10 Å². The van der Waals surface area contributed by atoms with Gasteiger partial charge in [-0.1, -0.05) is 20.8 Å². The molecule has 4 heteroatoms. The highest BCUT2D eigenvalue weighted by atomic mass is 15.2. The molecule has 80 valence electrons. The lowest BCUT2D eigenvalue weighted by Crippen LogP contribution is -2.20. The van der Waals surface area contributed by atoms with Crippen molar-refractivity contribution in [2.75, 3.05) is 13.1 Å². The molecule has 2 N–H and O–H groups in total. The highest BCUT2D eigenvalue weighted by molar-refractivity contribution is 4.97. The maximum Gasteiger partial charge on any atom is 0.154 e. The molecule has 0 fully saturated rings. The summed E-state index contributed by atoms with van der Waals surface area (Å²) in [5.41, 5.74) is 0. The third-order valence-electron chi connectivity index (χ3n) is 2.18. The molecule has 4 nitrogen and oxygen atoms in total. The monoisotopic (exact) mass is 196 g/mol. The number of rotatable bonds is 6. The Kier molecular flexibility index (Phi) is 4.59. The van der Waals surface area contributed by atoms with Crippen LogP contribution in [0.15, 0.2) is 0 Å². The molecule has 0 amide bonds. The van der Waals surface area contributed by atoms with Crippen LogP contribution in [0.3, 0.4) is 0 Å². The van der Waals surface area contributed by atoms with Crippen molar-refractivity contribution in [2.45, 2.75) is 39.5 Å². The second-order valence-corrected chi connectivity index (χ2v) is 3.60. The van der Waals surface area contributed by atoms with Gasteiger partial charge in [-0.25, -0.2) is 4.98 Å². The Balaban J connectivity index is 2.48. The Morgan fingerprint density at radius 1 is 1.43 bits per heavy atom. The first-order valence-electron chi connectivity index (χ1n) is 5.39. The summed E-state index contributed by atoms with van der Waals surface area (Å²) in [4.78, 5) is 4.45. The normalized spacial score (nSPS) is 13.1. The third kappa shape index (κ3) is 3.10. The second kappa shape index (κ2) is 5.75. The number of hydrogen-bond acceptors (Lipinski definition) is 3. The molecule has 0 radical (unpaired) electrons. The van der Waals surface area contributed by atoms with E-state index in [-0.39, 0.29) is 0 Å². The van der Waals surface area contributed by atoms with Crippen LogP contribution in [-0.2, 0) is 6.42 Å². The Bertz CT molecular complexity index is 256. The summed E-state index contributed by atoms with van der Waals surface area (Å²) in [6, 6.07) is 0. The Morgan fingerprint density at radius 3 is 2.86 bits per heavy atom. The minimum absolute atomic E-state index is 0.386. The molecule has 0 aliphatic heterocycles. The van der Waals surface area contributed by atoms with Crippen LogP contribution in [0.5, 0.6) is 0 Å². The number of aryl methyl sites for hydroxylation is 1. The largest absolute Gasteiger partial charge is 0.316 e. The summed E-state index contributed by atoms with van der Waals surface area (Å²) in [5.74, 6) is 2.32. The van der Waals surface area contributed by atoms with Crippen molar-refractivity contribution in [2.24, 2.45) is 0 Å². The van der Waals surface area contributed by atoms with Crippen LogP contribution in [-0.4, -0.2) is 28.3 Å². The molecule has 1 aromatic heterocycles. The first-order valence-corrected chi connectivity index (χ1v) is 5.39. The topological polar surface area (TPSA) is 53.6 Å². The van der Waals surface area contributed by atoms with Crippen molar-refractivity contribution in [3.8, 4) is 0 Å². The zero-order valence-electron chi connectivity index (χ0n) is 9.30. The third-order valence-corrected chi connectivity index (χ3v) is 2.18. The lowest BCUT2D eigenvalue weighted by molar-refractivity contribution is 0.609. The van der Waals surface area contributed by atoms with Crippen molar-refractivity contribution < 1.29 is 0 Å². The van der Waals surface area contributed by atoms with E-state index in [1.54, 1.807) is 0 Å². The van der Waals surface area contributed by atoms with Crippen molar-refractivity contribution in [3.05, 3.63) is 11.6 Å². The Hall–Kier alpha value is -0.900. The highest BCUT2D eigenvalue weighted by Gasteiger charge is 2.10. The van der Waals surface area contributed by atoms with Gasteiger partial charge >= 0.3 is 0 Å². The van der Waals surface area contributed by atoms with Gasteiger partial charge in [-0.05, 0) is 13.0 Å². The number of nitrogens with zero attached hydrogens (tertiary/aromatic N) is 2. The van der Waals surface area contributed by atoms with Gasteiger partial charge in [0.2, 0.25) is 0 Å². The van der Waals surface area contributed by atoms with E-state index in [2.05, 4.69) is 41.3 Å². The minimum Gasteiger partial charge on any atom is -0.316 e. The molecule has 1 atom stereocenters. The molecule has 0 bridgehead atoms. The Morgan fingerprint density at radius 2 is 2.21 bits per heavy atom. The molecule has 1 rings (SSSR count). The molecule has 14 heavy (non-hydrogen) atoms. The Labute approximate surface area is 85.5 Å². The molecule has 0 spiro atoms. The zero-order chi connectivity index (χ0) is 10.4. The van der Waals surface area contributed by atoms with Crippen LogP contribution >= 0.6 is 0 Å². The van der Waals surface area contributed by atoms with Gasteiger partial charge in [-0.2, -0.15) is 5.10 Å². The molecule has 0 aliphatic rings. The predicted molar refractivity (Wildman–Crippen MR) is 57.3 cm³/mol. The molecule has 1 unspecified atom stereocenters. The molecule has 0 saturated carbocycles. The molecule has 0 aromatic carbocycles. The van der Waals surface area contributed by atoms with Crippen molar-refractivity contribution in [1.82, 2.24) is 20.5 Å². The molecule has 1 heterocycles. The van der Waals surface area contributed by atoms with Gasteiger partial charge < -0.3 is 5.32 Å². The van der Waals surface area contributed by atoms with E-state index in [4.69, 9.17) is 0 Å². The van der Waals surface area contributed by atoms with Crippen molar-refractivity contribution in [1.29, 1.82) is 0 Å². The fraction of sp³-hybridized carbons (Fsp3) is 0.800. The lowest BCUT2D eigenvalue weighted by Gasteiger charge is -2.06. The summed E-state index contributed by atoms with van der Waals surface area (Å²) in [7, 11) is 0. The molecular weight excluding hydrogens is 176 g/mol. The number of H-pyrrole nitrogens is 1. The van der Waals surface area contributed by atoms with Crippen LogP contribution in [0.2, 0.25) is 0 Å². The average Bonchev–Trinajstić information content (AvgIpc) is 2.63. The van der Waals surface area contributed by atoms with E-state index in [1.165, 1.54) is 0 Å². The molecular formula is C10H20N4. The van der Waals surface area contributed by atoms with Crippen LogP contribution in [0.25, 0.3) is 0 Å². The molecule has 0 saturated heterocycles. The van der Waals surface area contributed by atoms with E-state index in [9.17, 15) is 0 Å². The first kappa shape index (κ1) is 11.2. The highest BCUT2D eigenvalue weighted by Crippen LogP contribution is 2.08. The maximum atomic E-state index is 4.45. The van der Waals surface area contributed by atoms with E-state index in [0.717, 1.165) is 37.6 Å². The van der Waals surface area contributed by atoms with Gasteiger partial charge in [0, 0.05) is 18.9 Å². The van der Waals surface area contributed by atoms with Gasteiger partial charge in [-0.15, -0.1) is 0 Å². The maximum absolute atomic E-state index is 4.45. The van der Waals surface area contributed by atoms with E-state index >= 15 is 0 Å². The van der Waals surface area contributed by atoms with Crippen LogP contribution < -0.4 is 5.32 Å². The summed E-state index contributed by atoms with van der Waals surface area (Å²) in [6.45, 7) is 8.33. The molecule has 1 aromatic rings. The first-order chi connectivity index (χ1) is 6.77. The fourth-order valence-electron chi connectivity index (χ4n) is 1.33. The predicted octanol–water partition coefficient (Wildman–Crippen LogP) is 1.47. The van der Waals surface area contributed by atoms with Gasteiger partial charge in [0.05, 0.1) is 0 Å². The van der Waals surface area contributed by atoms with Gasteiger partial charge in [0.1, 0.15) is 5.82 Å². The lowest BCUT2D eigenvalue weighted by atomic mass is 10.1. The van der Waals surface area contributed by atoms with Crippen molar-refractivity contribution in [3.63, 3.8) is 0 Å². The fourth-order valence-corrected chi connectivity index (χ4v) is 1.33. The van der Waals surface area contributed by atoms with E-state index in [1.807, 2.05) is 0 Å². The van der Waals surface area contributed by atoms with Gasteiger partial charge in [0.25, 0.3) is 0 Å². The van der Waals surface area contributed by atoms with Crippen LogP contribution in [0.1, 0.15) is 44.8 Å². The van der Waals surface area contributed by atoms with E-state index < -0.39 is 0 Å². The number of hydrogen-bond donors (Lipinski definition) is 2. The number of aromatic amines is 1. The van der Waals surface area contributed by atoms with Crippen LogP contribution in [0, 0.1) is 0 Å².